The minimum atomic E-state index is 0.472. The lowest BCUT2D eigenvalue weighted by Crippen LogP contribution is -2.31. The van der Waals surface area contributed by atoms with Gasteiger partial charge in [-0.1, -0.05) is 11.6 Å². The average Bonchev–Trinajstić information content (AvgIpc) is 3.07. The number of nitrogens with two attached hydrogens (primary N) is 2. The molecule has 0 fully saturated rings. The van der Waals surface area contributed by atoms with Crippen molar-refractivity contribution in [3.63, 3.8) is 0 Å². The third kappa shape index (κ3) is 3.16. The highest BCUT2D eigenvalue weighted by Gasteiger charge is 2.24. The second kappa shape index (κ2) is 7.27. The second-order valence-corrected chi connectivity index (χ2v) is 6.52. The Kier molecular flexibility index (Phi) is 4.65. The number of benzene rings is 1. The van der Waals surface area contributed by atoms with Crippen LogP contribution in [-0.4, -0.2) is 21.6 Å². The van der Waals surface area contributed by atoms with Crippen LogP contribution < -0.4 is 21.3 Å². The zero-order valence-electron chi connectivity index (χ0n) is 15.1. The summed E-state index contributed by atoms with van der Waals surface area (Å²) < 4.78 is 7.07. The fourth-order valence-electron chi connectivity index (χ4n) is 3.00. The summed E-state index contributed by atoms with van der Waals surface area (Å²) in [7, 11) is 1.59. The van der Waals surface area contributed by atoms with Crippen LogP contribution in [-0.2, 0) is 6.42 Å². The van der Waals surface area contributed by atoms with E-state index in [-0.39, 0.29) is 0 Å². The lowest BCUT2D eigenvalue weighted by atomic mass is 10.2. The monoisotopic (exact) mass is 392 g/mol. The second-order valence-electron chi connectivity index (χ2n) is 6.08. The van der Waals surface area contributed by atoms with E-state index < -0.39 is 0 Å². The molecule has 1 aliphatic rings. The van der Waals surface area contributed by atoms with E-state index >= 15 is 0 Å². The van der Waals surface area contributed by atoms with Gasteiger partial charge in [0.25, 0.3) is 0 Å². The predicted octanol–water partition coefficient (Wildman–Crippen LogP) is 2.37. The van der Waals surface area contributed by atoms with Gasteiger partial charge in [0.05, 0.1) is 36.1 Å². The third-order valence-corrected chi connectivity index (χ3v) is 4.69. The fraction of sp³-hybridized carbons (Fsp3) is 0.100. The molecule has 0 aliphatic carbocycles. The topological polar surface area (TPSA) is 95.2 Å². The molecule has 3 aromatic rings. The number of hydrogen-bond donors (Lipinski definition) is 2. The molecule has 0 radical (unpaired) electrons. The number of ether oxygens (including phenoxy) is 1. The van der Waals surface area contributed by atoms with E-state index in [1.807, 2.05) is 22.8 Å². The van der Waals surface area contributed by atoms with E-state index in [0.717, 1.165) is 17.1 Å². The number of halogens is 1. The van der Waals surface area contributed by atoms with Gasteiger partial charge < -0.3 is 10.5 Å². The number of pyridine rings is 1. The molecule has 0 saturated heterocycles. The Balaban J connectivity index is 1.80. The zero-order valence-corrected chi connectivity index (χ0v) is 15.8. The van der Waals surface area contributed by atoms with Crippen LogP contribution in [0.5, 0.6) is 5.75 Å². The smallest absolute Gasteiger partial charge is 0.137 e. The van der Waals surface area contributed by atoms with E-state index in [9.17, 15) is 0 Å². The van der Waals surface area contributed by atoms with Crippen molar-refractivity contribution in [1.82, 2.24) is 14.5 Å². The number of rotatable bonds is 1. The SMILES string of the molecule is COc1ccc(C#Cc2ncn3c2C/C(=C/N)N(N)c2cc(Cl)ccc2-3)nc1. The first-order chi connectivity index (χ1) is 13.6. The molecular weight excluding hydrogens is 376 g/mol. The minimum absolute atomic E-state index is 0.472. The number of fused-ring (bicyclic) bond motifs is 3. The molecule has 0 atom stereocenters. The first kappa shape index (κ1) is 17.9. The Labute approximate surface area is 167 Å². The van der Waals surface area contributed by atoms with Gasteiger partial charge in [0, 0.05) is 17.6 Å². The van der Waals surface area contributed by atoms with Gasteiger partial charge in [-0.3, -0.25) is 9.58 Å². The van der Waals surface area contributed by atoms with E-state index in [1.54, 1.807) is 31.8 Å². The van der Waals surface area contributed by atoms with Gasteiger partial charge in [-0.25, -0.2) is 15.8 Å². The van der Waals surface area contributed by atoms with Gasteiger partial charge >= 0.3 is 0 Å². The summed E-state index contributed by atoms with van der Waals surface area (Å²) in [6.07, 6.45) is 5.30. The van der Waals surface area contributed by atoms with Crippen LogP contribution in [0.1, 0.15) is 17.1 Å². The maximum atomic E-state index is 6.29. The van der Waals surface area contributed by atoms with E-state index in [0.29, 0.717) is 34.3 Å². The number of hydrazine groups is 1. The Bertz CT molecular complexity index is 1120. The molecule has 7 nitrogen and oxygen atoms in total. The fourth-order valence-corrected chi connectivity index (χ4v) is 3.16. The molecule has 8 heteroatoms. The molecule has 28 heavy (non-hydrogen) atoms. The number of nitrogens with zero attached hydrogens (tertiary/aromatic N) is 4. The first-order valence-corrected chi connectivity index (χ1v) is 8.82. The Morgan fingerprint density at radius 1 is 1.18 bits per heavy atom. The quantitative estimate of drug-likeness (QED) is 0.487. The van der Waals surface area contributed by atoms with Crippen molar-refractivity contribution >= 4 is 17.3 Å². The summed E-state index contributed by atoms with van der Waals surface area (Å²) in [6.45, 7) is 0. The van der Waals surface area contributed by atoms with Gasteiger partial charge in [-0.2, -0.15) is 0 Å². The predicted molar refractivity (Wildman–Crippen MR) is 108 cm³/mol. The molecule has 140 valence electrons. The number of methoxy groups -OCH3 is 1. The highest BCUT2D eigenvalue weighted by Crippen LogP contribution is 2.34. The van der Waals surface area contributed by atoms with Crippen LogP contribution in [0.4, 0.5) is 5.69 Å². The van der Waals surface area contributed by atoms with Crippen molar-refractivity contribution in [2.45, 2.75) is 6.42 Å². The molecule has 0 unspecified atom stereocenters. The van der Waals surface area contributed by atoms with Gasteiger partial charge in [0.15, 0.2) is 0 Å². The zero-order chi connectivity index (χ0) is 19.7. The molecule has 1 aliphatic heterocycles. The molecule has 2 aromatic heterocycles. The normalized spacial score (nSPS) is 14.0. The summed E-state index contributed by atoms with van der Waals surface area (Å²) in [6, 6.07) is 9.10. The van der Waals surface area contributed by atoms with Crippen LogP contribution in [0, 0.1) is 11.8 Å². The molecule has 0 bridgehead atoms. The van der Waals surface area contributed by atoms with Crippen molar-refractivity contribution in [2.75, 3.05) is 12.1 Å². The number of allylic oxidation sites excluding steroid dienone is 1. The standard InChI is InChI=1S/C20H17ClN6O/c1-28-16-5-3-14(24-11-16)4-6-17-19-9-15(10-22)27(23)20-8-13(21)2-7-18(20)26(19)12-25-17/h2-3,5,7-8,10-12H,9,22-23H2,1H3/b15-10-. The maximum absolute atomic E-state index is 6.29. The van der Waals surface area contributed by atoms with E-state index in [2.05, 4.69) is 21.8 Å². The van der Waals surface area contributed by atoms with Gasteiger partial charge in [-0.05, 0) is 42.2 Å². The van der Waals surface area contributed by atoms with E-state index in [4.69, 9.17) is 27.9 Å². The molecule has 3 heterocycles. The van der Waals surface area contributed by atoms with Crippen LogP contribution in [0.3, 0.4) is 0 Å². The number of aromatic nitrogens is 3. The molecule has 4 rings (SSSR count). The number of hydrogen-bond acceptors (Lipinski definition) is 6. The van der Waals surface area contributed by atoms with Crippen LogP contribution >= 0.6 is 11.6 Å². The van der Waals surface area contributed by atoms with Crippen LogP contribution in [0.25, 0.3) is 5.69 Å². The lowest BCUT2D eigenvalue weighted by Gasteiger charge is -2.21. The average molecular weight is 393 g/mol. The molecule has 0 spiro atoms. The molecule has 4 N–H and O–H groups in total. The van der Waals surface area contributed by atoms with E-state index in [1.165, 1.54) is 11.2 Å². The highest BCUT2D eigenvalue weighted by atomic mass is 35.5. The van der Waals surface area contributed by atoms with Crippen molar-refractivity contribution in [1.29, 1.82) is 0 Å². The molecule has 0 saturated carbocycles. The van der Waals surface area contributed by atoms with Gasteiger partial charge in [0.1, 0.15) is 23.5 Å². The summed E-state index contributed by atoms with van der Waals surface area (Å²) in [5, 5.41) is 2.12. The molecule has 1 aromatic carbocycles. The minimum Gasteiger partial charge on any atom is -0.495 e. The first-order valence-electron chi connectivity index (χ1n) is 8.44. The molecule has 0 amide bonds. The summed E-state index contributed by atoms with van der Waals surface area (Å²) in [5.41, 5.74) is 10.3. The number of anilines is 1. The summed E-state index contributed by atoms with van der Waals surface area (Å²) in [5.74, 6) is 13.1. The van der Waals surface area contributed by atoms with Gasteiger partial charge in [-0.15, -0.1) is 0 Å². The maximum Gasteiger partial charge on any atom is 0.137 e. The van der Waals surface area contributed by atoms with Gasteiger partial charge in [0.2, 0.25) is 0 Å². The van der Waals surface area contributed by atoms with Crippen molar-refractivity contribution < 1.29 is 4.74 Å². The lowest BCUT2D eigenvalue weighted by molar-refractivity contribution is 0.413. The third-order valence-electron chi connectivity index (χ3n) is 4.45. The van der Waals surface area contributed by atoms with Crippen LogP contribution in [0.2, 0.25) is 5.02 Å². The summed E-state index contributed by atoms with van der Waals surface area (Å²) >= 11 is 6.16. The Morgan fingerprint density at radius 3 is 2.75 bits per heavy atom. The number of imidazole rings is 1. The summed E-state index contributed by atoms with van der Waals surface area (Å²) in [4.78, 5) is 8.74. The largest absolute Gasteiger partial charge is 0.495 e. The highest BCUT2D eigenvalue weighted by molar-refractivity contribution is 6.31. The van der Waals surface area contributed by atoms with Crippen molar-refractivity contribution in [3.8, 4) is 23.3 Å². The Morgan fingerprint density at radius 2 is 2.04 bits per heavy atom. The van der Waals surface area contributed by atoms with Crippen molar-refractivity contribution in [2.24, 2.45) is 11.6 Å². The Hall–Kier alpha value is -3.47. The van der Waals surface area contributed by atoms with Crippen molar-refractivity contribution in [3.05, 3.63) is 76.9 Å². The van der Waals surface area contributed by atoms with Crippen LogP contribution in [0.15, 0.2) is 54.8 Å². The molecular formula is C20H17ClN6O.